The van der Waals surface area contributed by atoms with E-state index in [1.54, 1.807) is 0 Å². The first-order valence-electron chi connectivity index (χ1n) is 4.95. The van der Waals surface area contributed by atoms with Gasteiger partial charge in [0, 0.05) is 12.6 Å². The zero-order valence-electron chi connectivity index (χ0n) is 9.17. The van der Waals surface area contributed by atoms with Crippen molar-refractivity contribution >= 4 is 0 Å². The summed E-state index contributed by atoms with van der Waals surface area (Å²) in [7, 11) is 2.09. The van der Waals surface area contributed by atoms with E-state index in [0.29, 0.717) is 6.04 Å². The van der Waals surface area contributed by atoms with Crippen LogP contribution in [0.3, 0.4) is 0 Å². The molecule has 0 heterocycles. The van der Waals surface area contributed by atoms with Gasteiger partial charge < -0.3 is 10.2 Å². The van der Waals surface area contributed by atoms with Crippen molar-refractivity contribution in [2.45, 2.75) is 39.3 Å². The van der Waals surface area contributed by atoms with E-state index in [-0.39, 0.29) is 6.04 Å². The van der Waals surface area contributed by atoms with Gasteiger partial charge in [0.25, 0.3) is 0 Å². The zero-order chi connectivity index (χ0) is 10.3. The minimum Gasteiger partial charge on any atom is -0.304 e. The minimum absolute atomic E-state index is 0.00574. The first kappa shape index (κ1) is 12.4. The van der Waals surface area contributed by atoms with Crippen molar-refractivity contribution in [2.24, 2.45) is 0 Å². The third-order valence-corrected chi connectivity index (χ3v) is 2.26. The Morgan fingerprint density at radius 2 is 2.08 bits per heavy atom. The predicted molar refractivity (Wildman–Crippen MR) is 55.5 cm³/mol. The molecule has 0 bridgehead atoms. The molecule has 0 rings (SSSR count). The summed E-state index contributed by atoms with van der Waals surface area (Å²) in [5.41, 5.74) is 0. The Bertz CT molecular complexity index is 160. The van der Waals surface area contributed by atoms with Gasteiger partial charge in [-0.15, -0.1) is 0 Å². The average molecular weight is 183 g/mol. The van der Waals surface area contributed by atoms with Crippen molar-refractivity contribution < 1.29 is 0 Å². The fourth-order valence-corrected chi connectivity index (χ4v) is 1.05. The van der Waals surface area contributed by atoms with E-state index in [9.17, 15) is 0 Å². The lowest BCUT2D eigenvalue weighted by atomic mass is 10.2. The number of nitriles is 1. The van der Waals surface area contributed by atoms with Crippen LogP contribution < -0.4 is 5.32 Å². The summed E-state index contributed by atoms with van der Waals surface area (Å²) in [6.45, 7) is 8.19. The zero-order valence-corrected chi connectivity index (χ0v) is 9.17. The molecular formula is C10H21N3. The molecule has 0 aliphatic rings. The predicted octanol–water partition coefficient (Wildman–Crippen LogP) is 1.22. The van der Waals surface area contributed by atoms with Gasteiger partial charge in [0.2, 0.25) is 0 Å². The number of hydrogen-bond acceptors (Lipinski definition) is 3. The quantitative estimate of drug-likeness (QED) is 0.673. The van der Waals surface area contributed by atoms with Gasteiger partial charge >= 0.3 is 0 Å². The molecule has 76 valence electrons. The number of rotatable bonds is 6. The second kappa shape index (κ2) is 6.88. The maximum Gasteiger partial charge on any atom is 0.0965 e. The van der Waals surface area contributed by atoms with Crippen LogP contribution >= 0.6 is 0 Å². The fourth-order valence-electron chi connectivity index (χ4n) is 1.05. The Kier molecular flexibility index (Phi) is 6.56. The number of hydrogen-bond donors (Lipinski definition) is 1. The van der Waals surface area contributed by atoms with Crippen molar-refractivity contribution in [1.82, 2.24) is 10.2 Å². The fraction of sp³-hybridized carbons (Fsp3) is 0.900. The molecular weight excluding hydrogens is 162 g/mol. The molecule has 3 nitrogen and oxygen atoms in total. The molecule has 1 unspecified atom stereocenters. The molecule has 0 saturated heterocycles. The molecule has 0 aliphatic heterocycles. The summed E-state index contributed by atoms with van der Waals surface area (Å²) in [4.78, 5) is 2.25. The average Bonchev–Trinajstić information content (AvgIpc) is 2.11. The monoisotopic (exact) mass is 183 g/mol. The topological polar surface area (TPSA) is 39.1 Å². The minimum atomic E-state index is 0.00574. The van der Waals surface area contributed by atoms with Crippen molar-refractivity contribution in [3.63, 3.8) is 0 Å². The molecule has 0 aromatic rings. The van der Waals surface area contributed by atoms with E-state index >= 15 is 0 Å². The first-order chi connectivity index (χ1) is 6.11. The van der Waals surface area contributed by atoms with E-state index in [0.717, 1.165) is 19.5 Å². The van der Waals surface area contributed by atoms with Gasteiger partial charge in [-0.25, -0.2) is 0 Å². The summed E-state index contributed by atoms with van der Waals surface area (Å²) < 4.78 is 0. The second-order valence-electron chi connectivity index (χ2n) is 3.60. The van der Waals surface area contributed by atoms with Crippen LogP contribution in [-0.2, 0) is 0 Å². The normalized spacial score (nSPS) is 13.3. The van der Waals surface area contributed by atoms with E-state index in [1.807, 2.05) is 6.92 Å². The van der Waals surface area contributed by atoms with Crippen LogP contribution in [0.5, 0.6) is 0 Å². The molecule has 0 spiro atoms. The van der Waals surface area contributed by atoms with Gasteiger partial charge in [0.05, 0.1) is 12.1 Å². The van der Waals surface area contributed by atoms with E-state index in [2.05, 4.69) is 37.2 Å². The summed E-state index contributed by atoms with van der Waals surface area (Å²) >= 11 is 0. The molecule has 0 radical (unpaired) electrons. The van der Waals surface area contributed by atoms with Crippen molar-refractivity contribution in [1.29, 1.82) is 5.26 Å². The summed E-state index contributed by atoms with van der Waals surface area (Å²) in [6.07, 6.45) is 0.902. The highest BCUT2D eigenvalue weighted by Gasteiger charge is 2.08. The summed E-state index contributed by atoms with van der Waals surface area (Å²) in [5, 5.41) is 11.9. The first-order valence-corrected chi connectivity index (χ1v) is 4.95. The maximum atomic E-state index is 8.78. The Morgan fingerprint density at radius 1 is 1.46 bits per heavy atom. The molecule has 0 aromatic carbocycles. The lowest BCUT2D eigenvalue weighted by Crippen LogP contribution is -2.34. The van der Waals surface area contributed by atoms with Gasteiger partial charge in [-0.05, 0) is 33.9 Å². The highest BCUT2D eigenvalue weighted by atomic mass is 15.1. The highest BCUT2D eigenvalue weighted by molar-refractivity contribution is 4.89. The van der Waals surface area contributed by atoms with Gasteiger partial charge in [-0.2, -0.15) is 5.26 Å². The van der Waals surface area contributed by atoms with Crippen LogP contribution in [0, 0.1) is 11.3 Å². The highest BCUT2D eigenvalue weighted by Crippen LogP contribution is 1.98. The number of nitrogens with zero attached hydrogens (tertiary/aromatic N) is 2. The Hall–Kier alpha value is -0.590. The van der Waals surface area contributed by atoms with E-state index < -0.39 is 0 Å². The van der Waals surface area contributed by atoms with Crippen LogP contribution in [0.15, 0.2) is 0 Å². The summed E-state index contributed by atoms with van der Waals surface area (Å²) in [5.74, 6) is 0. The SMILES string of the molecule is CCNC(C#N)CCN(C)C(C)C. The van der Waals surface area contributed by atoms with E-state index in [1.165, 1.54) is 0 Å². The largest absolute Gasteiger partial charge is 0.304 e. The van der Waals surface area contributed by atoms with Gasteiger partial charge in [-0.1, -0.05) is 6.92 Å². The lowest BCUT2D eigenvalue weighted by molar-refractivity contribution is 0.263. The maximum absolute atomic E-state index is 8.78. The molecule has 0 aromatic heterocycles. The third kappa shape index (κ3) is 5.62. The lowest BCUT2D eigenvalue weighted by Gasteiger charge is -2.22. The van der Waals surface area contributed by atoms with Gasteiger partial charge in [0.1, 0.15) is 0 Å². The smallest absolute Gasteiger partial charge is 0.0965 e. The van der Waals surface area contributed by atoms with Gasteiger partial charge in [-0.3, -0.25) is 0 Å². The molecule has 1 atom stereocenters. The Morgan fingerprint density at radius 3 is 2.46 bits per heavy atom. The van der Waals surface area contributed by atoms with Crippen LogP contribution in [0.1, 0.15) is 27.2 Å². The van der Waals surface area contributed by atoms with E-state index in [4.69, 9.17) is 5.26 Å². The van der Waals surface area contributed by atoms with Crippen molar-refractivity contribution in [3.8, 4) is 6.07 Å². The van der Waals surface area contributed by atoms with Crippen molar-refractivity contribution in [3.05, 3.63) is 0 Å². The molecule has 0 amide bonds. The van der Waals surface area contributed by atoms with Crippen LogP contribution in [-0.4, -0.2) is 37.1 Å². The molecule has 3 heteroatoms. The molecule has 0 aliphatic carbocycles. The molecule has 0 fully saturated rings. The number of nitrogens with one attached hydrogen (secondary N) is 1. The molecule has 0 saturated carbocycles. The molecule has 1 N–H and O–H groups in total. The van der Waals surface area contributed by atoms with Crippen LogP contribution in [0.25, 0.3) is 0 Å². The second-order valence-corrected chi connectivity index (χ2v) is 3.60. The Labute approximate surface area is 81.7 Å². The van der Waals surface area contributed by atoms with Crippen LogP contribution in [0.4, 0.5) is 0 Å². The third-order valence-electron chi connectivity index (χ3n) is 2.26. The van der Waals surface area contributed by atoms with Crippen molar-refractivity contribution in [2.75, 3.05) is 20.1 Å². The molecule has 13 heavy (non-hydrogen) atoms. The van der Waals surface area contributed by atoms with Crippen LogP contribution in [0.2, 0.25) is 0 Å². The Balaban J connectivity index is 3.66. The standard InChI is InChI=1S/C10H21N3/c1-5-12-10(8-11)6-7-13(4)9(2)3/h9-10,12H,5-7H2,1-4H3. The van der Waals surface area contributed by atoms with Gasteiger partial charge in [0.15, 0.2) is 0 Å². The summed E-state index contributed by atoms with van der Waals surface area (Å²) in [6, 6.07) is 2.82.